The normalized spacial score (nSPS) is 10.3. The van der Waals surface area contributed by atoms with E-state index in [9.17, 15) is 18.4 Å². The fourth-order valence-electron chi connectivity index (χ4n) is 2.07. The molecule has 0 bridgehead atoms. The Labute approximate surface area is 143 Å². The molecule has 24 heavy (non-hydrogen) atoms. The van der Waals surface area contributed by atoms with Gasteiger partial charge < -0.3 is 10.2 Å². The van der Waals surface area contributed by atoms with Crippen molar-refractivity contribution in [2.45, 2.75) is 13.5 Å². The maximum absolute atomic E-state index is 13.3. The van der Waals surface area contributed by atoms with E-state index in [1.807, 2.05) is 0 Å². The lowest BCUT2D eigenvalue weighted by molar-refractivity contribution is -0.123. The quantitative estimate of drug-likeness (QED) is 0.897. The van der Waals surface area contributed by atoms with Gasteiger partial charge in [0.25, 0.3) is 0 Å². The van der Waals surface area contributed by atoms with Gasteiger partial charge >= 0.3 is 0 Å². The molecule has 0 fully saturated rings. The number of benzene rings is 2. The molecule has 0 saturated carbocycles. The van der Waals surface area contributed by atoms with Crippen molar-refractivity contribution in [3.05, 3.63) is 64.7 Å². The minimum atomic E-state index is -1.09. The molecule has 1 N–H and O–H groups in total. The summed E-state index contributed by atoms with van der Waals surface area (Å²) >= 11 is 6.00. The van der Waals surface area contributed by atoms with Gasteiger partial charge in [-0.25, -0.2) is 8.78 Å². The van der Waals surface area contributed by atoms with Gasteiger partial charge in [0.15, 0.2) is 11.6 Å². The summed E-state index contributed by atoms with van der Waals surface area (Å²) in [5, 5.41) is 3.15. The number of carbonyl (C=O) groups is 2. The molecule has 2 aromatic rings. The second-order valence-corrected chi connectivity index (χ2v) is 5.48. The molecule has 4 nitrogen and oxygen atoms in total. The van der Waals surface area contributed by atoms with E-state index in [2.05, 4.69) is 5.32 Å². The molecule has 0 aliphatic rings. The Morgan fingerprint density at radius 3 is 2.46 bits per heavy atom. The average molecular weight is 353 g/mol. The number of anilines is 1. The molecule has 0 heterocycles. The molecule has 7 heteroatoms. The predicted octanol–water partition coefficient (Wildman–Crippen LogP) is 3.29. The standard InChI is InChI=1S/C17H15ClF2N2O2/c1-11(23)22(13-6-7-15(19)16(20)8-13)10-17(24)21-9-12-4-2-3-5-14(12)18/h2-8H,9-10H2,1H3,(H,21,24). The van der Waals surface area contributed by atoms with Crippen molar-refractivity contribution >= 4 is 29.1 Å². The van der Waals surface area contributed by atoms with Crippen LogP contribution in [0, 0.1) is 11.6 Å². The van der Waals surface area contributed by atoms with E-state index in [-0.39, 0.29) is 18.8 Å². The van der Waals surface area contributed by atoms with Crippen LogP contribution in [0.3, 0.4) is 0 Å². The fraction of sp³-hybridized carbons (Fsp3) is 0.176. The van der Waals surface area contributed by atoms with Gasteiger partial charge in [-0.15, -0.1) is 0 Å². The number of rotatable bonds is 5. The lowest BCUT2D eigenvalue weighted by atomic mass is 10.2. The number of hydrogen-bond donors (Lipinski definition) is 1. The third-order valence-electron chi connectivity index (χ3n) is 3.33. The van der Waals surface area contributed by atoms with Crippen LogP contribution in [0.4, 0.5) is 14.5 Å². The summed E-state index contributed by atoms with van der Waals surface area (Å²) in [6, 6.07) is 10.0. The first-order chi connectivity index (χ1) is 11.4. The third kappa shape index (κ3) is 4.52. The molecule has 0 aromatic heterocycles. The Bertz CT molecular complexity index is 768. The van der Waals surface area contributed by atoms with Gasteiger partial charge in [-0.2, -0.15) is 0 Å². The molecular formula is C17H15ClF2N2O2. The Hall–Kier alpha value is -2.47. The topological polar surface area (TPSA) is 49.4 Å². The number of hydrogen-bond acceptors (Lipinski definition) is 2. The van der Waals surface area contributed by atoms with E-state index in [4.69, 9.17) is 11.6 Å². The van der Waals surface area contributed by atoms with E-state index in [1.165, 1.54) is 13.0 Å². The number of carbonyl (C=O) groups excluding carboxylic acids is 2. The van der Waals surface area contributed by atoms with Crippen LogP contribution in [-0.2, 0) is 16.1 Å². The number of nitrogens with zero attached hydrogens (tertiary/aromatic N) is 1. The molecule has 2 amide bonds. The SMILES string of the molecule is CC(=O)N(CC(=O)NCc1ccccc1Cl)c1ccc(F)c(F)c1. The Morgan fingerprint density at radius 1 is 1.12 bits per heavy atom. The Kier molecular flexibility index (Phi) is 5.87. The zero-order valence-corrected chi connectivity index (χ0v) is 13.6. The second-order valence-electron chi connectivity index (χ2n) is 5.07. The minimum Gasteiger partial charge on any atom is -0.350 e. The zero-order chi connectivity index (χ0) is 17.7. The highest BCUT2D eigenvalue weighted by molar-refractivity contribution is 6.31. The summed E-state index contributed by atoms with van der Waals surface area (Å²) in [5.41, 5.74) is 0.837. The largest absolute Gasteiger partial charge is 0.350 e. The first kappa shape index (κ1) is 17.9. The van der Waals surface area contributed by atoms with Crippen LogP contribution < -0.4 is 10.2 Å². The smallest absolute Gasteiger partial charge is 0.240 e. The van der Waals surface area contributed by atoms with Crippen LogP contribution in [-0.4, -0.2) is 18.4 Å². The number of amides is 2. The maximum Gasteiger partial charge on any atom is 0.240 e. The van der Waals surface area contributed by atoms with Crippen LogP contribution in [0.5, 0.6) is 0 Å². The van der Waals surface area contributed by atoms with Gasteiger partial charge in [-0.1, -0.05) is 29.8 Å². The lowest BCUT2D eigenvalue weighted by Gasteiger charge is -2.21. The van der Waals surface area contributed by atoms with E-state index in [0.29, 0.717) is 5.02 Å². The van der Waals surface area contributed by atoms with Crippen molar-refractivity contribution in [1.29, 1.82) is 0 Å². The number of nitrogens with one attached hydrogen (secondary N) is 1. The van der Waals surface area contributed by atoms with Gasteiger partial charge in [0, 0.05) is 30.2 Å². The van der Waals surface area contributed by atoms with Crippen LogP contribution in [0.2, 0.25) is 5.02 Å². The zero-order valence-electron chi connectivity index (χ0n) is 12.9. The van der Waals surface area contributed by atoms with Crippen molar-refractivity contribution < 1.29 is 18.4 Å². The summed E-state index contributed by atoms with van der Waals surface area (Å²) < 4.78 is 26.3. The molecule has 0 atom stereocenters. The van der Waals surface area contributed by atoms with Gasteiger partial charge in [0.1, 0.15) is 6.54 Å². The summed E-state index contributed by atoms with van der Waals surface area (Å²) in [6.07, 6.45) is 0. The molecule has 2 aromatic carbocycles. The third-order valence-corrected chi connectivity index (χ3v) is 3.70. The summed E-state index contributed by atoms with van der Waals surface area (Å²) in [4.78, 5) is 24.8. The first-order valence-corrected chi connectivity index (χ1v) is 7.49. The van der Waals surface area contributed by atoms with Gasteiger partial charge in [0.2, 0.25) is 11.8 Å². The molecule has 0 aliphatic carbocycles. The fourth-order valence-corrected chi connectivity index (χ4v) is 2.27. The summed E-state index contributed by atoms with van der Waals surface area (Å²) in [7, 11) is 0. The number of halogens is 3. The molecule has 0 spiro atoms. The Morgan fingerprint density at radius 2 is 1.83 bits per heavy atom. The van der Waals surface area contributed by atoms with E-state index >= 15 is 0 Å². The summed E-state index contributed by atoms with van der Waals surface area (Å²) in [5.74, 6) is -3.02. The van der Waals surface area contributed by atoms with Gasteiger partial charge in [-0.3, -0.25) is 9.59 Å². The monoisotopic (exact) mass is 352 g/mol. The first-order valence-electron chi connectivity index (χ1n) is 7.11. The predicted molar refractivity (Wildman–Crippen MR) is 87.7 cm³/mol. The van der Waals surface area contributed by atoms with Crippen molar-refractivity contribution in [2.75, 3.05) is 11.4 Å². The molecule has 0 radical (unpaired) electrons. The van der Waals surface area contributed by atoms with Crippen LogP contribution in [0.15, 0.2) is 42.5 Å². The second kappa shape index (κ2) is 7.88. The maximum atomic E-state index is 13.3. The average Bonchev–Trinajstić information content (AvgIpc) is 2.54. The van der Waals surface area contributed by atoms with E-state index < -0.39 is 23.4 Å². The molecule has 2 rings (SSSR count). The highest BCUT2D eigenvalue weighted by Gasteiger charge is 2.17. The van der Waals surface area contributed by atoms with E-state index in [0.717, 1.165) is 22.6 Å². The van der Waals surface area contributed by atoms with Gasteiger partial charge in [-0.05, 0) is 23.8 Å². The van der Waals surface area contributed by atoms with Crippen LogP contribution in [0.25, 0.3) is 0 Å². The highest BCUT2D eigenvalue weighted by Crippen LogP contribution is 2.18. The molecule has 0 saturated heterocycles. The lowest BCUT2D eigenvalue weighted by Crippen LogP contribution is -2.39. The highest BCUT2D eigenvalue weighted by atomic mass is 35.5. The Balaban J connectivity index is 2.05. The molecule has 126 valence electrons. The minimum absolute atomic E-state index is 0.106. The van der Waals surface area contributed by atoms with Crippen LogP contribution in [0.1, 0.15) is 12.5 Å². The van der Waals surface area contributed by atoms with Crippen molar-refractivity contribution in [2.24, 2.45) is 0 Å². The van der Waals surface area contributed by atoms with Crippen LogP contribution >= 0.6 is 11.6 Å². The van der Waals surface area contributed by atoms with E-state index in [1.54, 1.807) is 24.3 Å². The van der Waals surface area contributed by atoms with Crippen molar-refractivity contribution in [1.82, 2.24) is 5.32 Å². The van der Waals surface area contributed by atoms with Crippen molar-refractivity contribution in [3.8, 4) is 0 Å². The molecule has 0 unspecified atom stereocenters. The van der Waals surface area contributed by atoms with Crippen molar-refractivity contribution in [3.63, 3.8) is 0 Å². The summed E-state index contributed by atoms with van der Waals surface area (Å²) in [6.45, 7) is 1.12. The molecular weight excluding hydrogens is 338 g/mol. The van der Waals surface area contributed by atoms with Gasteiger partial charge in [0.05, 0.1) is 0 Å². The molecule has 0 aliphatic heterocycles.